The van der Waals surface area contributed by atoms with Crippen LogP contribution in [0.1, 0.15) is 21.6 Å². The molecule has 1 aromatic carbocycles. The van der Waals surface area contributed by atoms with E-state index in [0.717, 1.165) is 10.9 Å². The van der Waals surface area contributed by atoms with Gasteiger partial charge in [-0.05, 0) is 30.7 Å². The van der Waals surface area contributed by atoms with Gasteiger partial charge in [0.25, 0.3) is 5.91 Å². The van der Waals surface area contributed by atoms with E-state index < -0.39 is 0 Å². The number of hydrogen-bond acceptors (Lipinski definition) is 3. The minimum Gasteiger partial charge on any atom is -0.348 e. The summed E-state index contributed by atoms with van der Waals surface area (Å²) in [6, 6.07) is 15.4. The lowest BCUT2D eigenvalue weighted by molar-refractivity contribution is 0.0950. The van der Waals surface area contributed by atoms with Gasteiger partial charge in [-0.3, -0.25) is 4.79 Å². The lowest BCUT2D eigenvalue weighted by Gasteiger charge is -2.08. The first-order valence-corrected chi connectivity index (χ1v) is 6.78. The number of amides is 1. The summed E-state index contributed by atoms with van der Waals surface area (Å²) in [5.74, 6) is -0.116. The molecule has 0 unspecified atom stereocenters. The average molecular weight is 277 g/mol. The smallest absolute Gasteiger partial charge is 0.253 e. The third-order valence-electron chi connectivity index (χ3n) is 3.32. The molecule has 2 aromatic heterocycles. The van der Waals surface area contributed by atoms with Crippen LogP contribution in [0.25, 0.3) is 11.0 Å². The van der Waals surface area contributed by atoms with Crippen LogP contribution < -0.4 is 5.32 Å². The number of aromatic nitrogens is 2. The quantitative estimate of drug-likeness (QED) is 0.801. The lowest BCUT2D eigenvalue weighted by atomic mass is 10.1. The van der Waals surface area contributed by atoms with E-state index >= 15 is 0 Å². The van der Waals surface area contributed by atoms with E-state index in [1.54, 1.807) is 6.20 Å². The van der Waals surface area contributed by atoms with Gasteiger partial charge in [0.15, 0.2) is 5.65 Å². The van der Waals surface area contributed by atoms with Gasteiger partial charge in [0.1, 0.15) is 0 Å². The van der Waals surface area contributed by atoms with Gasteiger partial charge in [-0.1, -0.05) is 30.3 Å². The molecule has 3 aromatic rings. The molecule has 21 heavy (non-hydrogen) atoms. The topological polar surface area (TPSA) is 54.9 Å². The van der Waals surface area contributed by atoms with E-state index in [9.17, 15) is 4.79 Å². The molecule has 0 bridgehead atoms. The highest BCUT2D eigenvalue weighted by Gasteiger charge is 2.11. The first-order valence-electron chi connectivity index (χ1n) is 6.78. The van der Waals surface area contributed by atoms with Crippen molar-refractivity contribution in [1.29, 1.82) is 0 Å². The van der Waals surface area contributed by atoms with Gasteiger partial charge in [0.2, 0.25) is 0 Å². The van der Waals surface area contributed by atoms with Crippen LogP contribution in [0.3, 0.4) is 0 Å². The predicted molar refractivity (Wildman–Crippen MR) is 81.9 cm³/mol. The molecule has 0 saturated carbocycles. The van der Waals surface area contributed by atoms with Crippen molar-refractivity contribution in [3.8, 4) is 0 Å². The van der Waals surface area contributed by atoms with Gasteiger partial charge < -0.3 is 5.32 Å². The summed E-state index contributed by atoms with van der Waals surface area (Å²) in [5.41, 5.74) is 3.01. The largest absolute Gasteiger partial charge is 0.348 e. The normalized spacial score (nSPS) is 10.5. The van der Waals surface area contributed by atoms with Gasteiger partial charge >= 0.3 is 0 Å². The third-order valence-corrected chi connectivity index (χ3v) is 3.32. The number of rotatable bonds is 3. The first kappa shape index (κ1) is 13.2. The minimum atomic E-state index is -0.116. The maximum Gasteiger partial charge on any atom is 0.253 e. The summed E-state index contributed by atoms with van der Waals surface area (Å²) in [6.45, 7) is 2.33. The first-order chi connectivity index (χ1) is 10.2. The van der Waals surface area contributed by atoms with Crippen LogP contribution in [0, 0.1) is 6.92 Å². The Morgan fingerprint density at radius 3 is 2.76 bits per heavy atom. The second-order valence-corrected chi connectivity index (χ2v) is 4.84. The van der Waals surface area contributed by atoms with E-state index in [0.29, 0.717) is 23.4 Å². The minimum absolute atomic E-state index is 0.116. The van der Waals surface area contributed by atoms with Crippen LogP contribution >= 0.6 is 0 Å². The third kappa shape index (κ3) is 2.89. The van der Waals surface area contributed by atoms with Gasteiger partial charge in [-0.2, -0.15) is 0 Å². The number of nitrogens with zero attached hydrogens (tertiary/aromatic N) is 2. The van der Waals surface area contributed by atoms with E-state index in [-0.39, 0.29) is 5.91 Å². The van der Waals surface area contributed by atoms with Crippen molar-refractivity contribution in [2.45, 2.75) is 13.5 Å². The summed E-state index contributed by atoms with van der Waals surface area (Å²) in [6.07, 6.45) is 1.70. The van der Waals surface area contributed by atoms with Crippen molar-refractivity contribution < 1.29 is 4.79 Å². The fourth-order valence-electron chi connectivity index (χ4n) is 2.20. The second kappa shape index (κ2) is 5.71. The lowest BCUT2D eigenvalue weighted by Crippen LogP contribution is -2.24. The standard InChI is InChI=1S/C17H15N3O/c1-12-15(10-14-8-5-9-18-16(14)20-12)17(21)19-11-13-6-3-2-4-7-13/h2-10H,11H2,1H3,(H,19,21). The zero-order valence-corrected chi connectivity index (χ0v) is 11.7. The highest BCUT2D eigenvalue weighted by atomic mass is 16.1. The molecule has 0 aliphatic rings. The summed E-state index contributed by atoms with van der Waals surface area (Å²) in [7, 11) is 0. The number of carbonyl (C=O) groups excluding carboxylic acids is 1. The van der Waals surface area contributed by atoms with Crippen molar-refractivity contribution in [2.75, 3.05) is 0 Å². The molecule has 1 N–H and O–H groups in total. The molecular weight excluding hydrogens is 262 g/mol. The van der Waals surface area contributed by atoms with E-state index in [4.69, 9.17) is 0 Å². The number of nitrogens with one attached hydrogen (secondary N) is 1. The fraction of sp³-hybridized carbons (Fsp3) is 0.118. The van der Waals surface area contributed by atoms with E-state index in [2.05, 4.69) is 15.3 Å². The highest BCUT2D eigenvalue weighted by molar-refractivity contribution is 5.98. The molecule has 1 amide bonds. The molecule has 0 atom stereocenters. The van der Waals surface area contributed by atoms with Crippen LogP contribution in [0.15, 0.2) is 54.7 Å². The Balaban J connectivity index is 1.82. The molecule has 0 radical (unpaired) electrons. The molecule has 0 aliphatic heterocycles. The maximum atomic E-state index is 12.3. The van der Waals surface area contributed by atoms with Gasteiger partial charge in [-0.15, -0.1) is 0 Å². The van der Waals surface area contributed by atoms with Crippen LogP contribution in [-0.4, -0.2) is 15.9 Å². The number of benzene rings is 1. The Hall–Kier alpha value is -2.75. The maximum absolute atomic E-state index is 12.3. The summed E-state index contributed by atoms with van der Waals surface area (Å²) in [4.78, 5) is 20.9. The van der Waals surface area contributed by atoms with Crippen molar-refractivity contribution in [3.05, 3.63) is 71.5 Å². The summed E-state index contributed by atoms with van der Waals surface area (Å²) < 4.78 is 0. The van der Waals surface area contributed by atoms with Crippen molar-refractivity contribution in [3.63, 3.8) is 0 Å². The van der Waals surface area contributed by atoms with Crippen molar-refractivity contribution >= 4 is 16.9 Å². The van der Waals surface area contributed by atoms with Crippen LogP contribution in [-0.2, 0) is 6.54 Å². The van der Waals surface area contributed by atoms with E-state index in [1.807, 2.05) is 55.5 Å². The number of hydrogen-bond donors (Lipinski definition) is 1. The molecule has 0 saturated heterocycles. The Morgan fingerprint density at radius 1 is 1.14 bits per heavy atom. The highest BCUT2D eigenvalue weighted by Crippen LogP contribution is 2.14. The predicted octanol–water partition coefficient (Wildman–Crippen LogP) is 2.87. The summed E-state index contributed by atoms with van der Waals surface area (Å²) in [5, 5.41) is 3.79. The van der Waals surface area contributed by atoms with Crippen LogP contribution in [0.4, 0.5) is 0 Å². The number of fused-ring (bicyclic) bond motifs is 1. The Morgan fingerprint density at radius 2 is 1.95 bits per heavy atom. The Bertz CT molecular complexity index is 784. The van der Waals surface area contributed by atoms with Gasteiger partial charge in [0, 0.05) is 18.1 Å². The zero-order valence-electron chi connectivity index (χ0n) is 11.7. The fourth-order valence-corrected chi connectivity index (χ4v) is 2.20. The van der Waals surface area contributed by atoms with Gasteiger partial charge in [-0.25, -0.2) is 9.97 Å². The number of pyridine rings is 2. The van der Waals surface area contributed by atoms with E-state index in [1.165, 1.54) is 0 Å². The molecular formula is C17H15N3O. The molecule has 0 fully saturated rings. The molecule has 4 nitrogen and oxygen atoms in total. The molecule has 4 heteroatoms. The number of aryl methyl sites for hydroxylation is 1. The molecule has 0 spiro atoms. The zero-order chi connectivity index (χ0) is 14.7. The molecule has 104 valence electrons. The second-order valence-electron chi connectivity index (χ2n) is 4.84. The van der Waals surface area contributed by atoms with Crippen molar-refractivity contribution in [1.82, 2.24) is 15.3 Å². The summed E-state index contributed by atoms with van der Waals surface area (Å²) >= 11 is 0. The Labute approximate surface area is 122 Å². The van der Waals surface area contributed by atoms with Crippen molar-refractivity contribution in [2.24, 2.45) is 0 Å². The monoisotopic (exact) mass is 277 g/mol. The molecule has 0 aliphatic carbocycles. The average Bonchev–Trinajstić information content (AvgIpc) is 2.53. The molecule has 2 heterocycles. The van der Waals surface area contributed by atoms with Gasteiger partial charge in [0.05, 0.1) is 11.3 Å². The van der Waals surface area contributed by atoms with Crippen LogP contribution in [0.5, 0.6) is 0 Å². The number of carbonyl (C=O) groups is 1. The molecule has 3 rings (SSSR count). The SMILES string of the molecule is Cc1nc2ncccc2cc1C(=O)NCc1ccccc1. The Kier molecular flexibility index (Phi) is 3.60. The van der Waals surface area contributed by atoms with Crippen LogP contribution in [0.2, 0.25) is 0 Å².